The first-order valence-corrected chi connectivity index (χ1v) is 22.1. The molecule has 4 saturated carbocycles. The fourth-order valence-corrected chi connectivity index (χ4v) is 13.8. The summed E-state index contributed by atoms with van der Waals surface area (Å²) < 4.78 is 8.38. The quantitative estimate of drug-likeness (QED) is 0.219. The predicted octanol–water partition coefficient (Wildman–Crippen LogP) is 8.89. The highest BCUT2D eigenvalue weighted by Gasteiger charge is 2.70. The maximum absolute atomic E-state index is 14.4. The van der Waals surface area contributed by atoms with Crippen molar-refractivity contribution in [1.29, 1.82) is 0 Å². The van der Waals surface area contributed by atoms with Gasteiger partial charge in [0, 0.05) is 49.2 Å². The maximum Gasteiger partial charge on any atom is 0.309 e. The van der Waals surface area contributed by atoms with Crippen LogP contribution >= 0.6 is 11.6 Å². The normalized spacial score (nSPS) is 34.4. The lowest BCUT2D eigenvalue weighted by Gasteiger charge is -2.72. The molecule has 1 N–H and O–H groups in total. The number of carbonyl (C=O) groups excluding carboxylic acids is 2. The number of allylic oxidation sites excluding steroid dienone is 2. The second kappa shape index (κ2) is 14.8. The van der Waals surface area contributed by atoms with Crippen molar-refractivity contribution in [3.05, 3.63) is 34.4 Å². The van der Waals surface area contributed by atoms with Crippen LogP contribution in [0.15, 0.2) is 23.5 Å². The molecule has 2 heterocycles. The van der Waals surface area contributed by atoms with Gasteiger partial charge in [0.2, 0.25) is 5.82 Å². The number of fused-ring (bicyclic) bond motifs is 7. The minimum Gasteiger partial charge on any atom is -0.481 e. The van der Waals surface area contributed by atoms with E-state index in [-0.39, 0.29) is 45.5 Å². The molecule has 0 radical (unpaired) electrons. The van der Waals surface area contributed by atoms with Gasteiger partial charge in [0.15, 0.2) is 11.6 Å². The van der Waals surface area contributed by atoms with E-state index in [1.807, 2.05) is 0 Å². The van der Waals surface area contributed by atoms with Crippen LogP contribution in [-0.4, -0.2) is 79.2 Å². The Kier molecular flexibility index (Phi) is 10.9. The van der Waals surface area contributed by atoms with Crippen LogP contribution in [0.25, 0.3) is 11.6 Å². The van der Waals surface area contributed by atoms with Gasteiger partial charge in [0.25, 0.3) is 0 Å². The van der Waals surface area contributed by atoms with E-state index in [9.17, 15) is 19.5 Å². The zero-order valence-electron chi connectivity index (χ0n) is 36.9. The summed E-state index contributed by atoms with van der Waals surface area (Å²) in [5.41, 5.74) is 0.871. The first-order valence-electron chi connectivity index (χ1n) is 21.8. The average Bonchev–Trinajstić information content (AvgIpc) is 3.66. The molecule has 0 spiro atoms. The molecule has 2 aromatic rings. The zero-order valence-corrected chi connectivity index (χ0v) is 37.6. The highest BCUT2D eigenvalue weighted by molar-refractivity contribution is 6.30. The molecule has 12 heteroatoms. The highest BCUT2D eigenvalue weighted by atomic mass is 35.5. The summed E-state index contributed by atoms with van der Waals surface area (Å²) in [7, 11) is 4.12. The Morgan fingerprint density at radius 3 is 2.29 bits per heavy atom. The van der Waals surface area contributed by atoms with Gasteiger partial charge in [0.05, 0.1) is 16.9 Å². The van der Waals surface area contributed by atoms with Gasteiger partial charge >= 0.3 is 11.9 Å². The smallest absolute Gasteiger partial charge is 0.309 e. The minimum absolute atomic E-state index is 0.00423. The van der Waals surface area contributed by atoms with Crippen molar-refractivity contribution in [2.45, 2.75) is 146 Å². The average molecular weight is 820 g/mol. The van der Waals surface area contributed by atoms with Crippen LogP contribution in [0.1, 0.15) is 132 Å². The number of hydrogen-bond donors (Lipinski definition) is 1. The molecular formula is C46H67ClN6O5. The fourth-order valence-electron chi connectivity index (χ4n) is 13.7. The number of carbonyl (C=O) groups is 3. The lowest BCUT2D eigenvalue weighted by molar-refractivity contribution is -0.233. The van der Waals surface area contributed by atoms with Crippen LogP contribution in [0.2, 0.25) is 5.02 Å². The van der Waals surface area contributed by atoms with Gasteiger partial charge in [-0.15, -0.1) is 10.2 Å². The Labute approximate surface area is 350 Å². The molecule has 7 rings (SSSR count). The zero-order chi connectivity index (χ0) is 42.4. The summed E-state index contributed by atoms with van der Waals surface area (Å²) in [6.07, 6.45) is 12.0. The van der Waals surface area contributed by atoms with E-state index in [1.165, 1.54) is 5.57 Å². The Balaban J connectivity index is 1.21. The van der Waals surface area contributed by atoms with E-state index in [1.54, 1.807) is 26.2 Å². The number of carboxylic acid groups (broad SMARTS) is 1. The van der Waals surface area contributed by atoms with Crippen LogP contribution < -0.4 is 0 Å². The molecule has 0 unspecified atom stereocenters. The van der Waals surface area contributed by atoms with Crippen molar-refractivity contribution in [2.24, 2.45) is 56.2 Å². The van der Waals surface area contributed by atoms with Crippen LogP contribution in [0.4, 0.5) is 0 Å². The maximum atomic E-state index is 14.4. The summed E-state index contributed by atoms with van der Waals surface area (Å²) >= 11 is 6.17. The first kappa shape index (κ1) is 42.9. The minimum atomic E-state index is -1.17. The molecule has 8 atom stereocenters. The monoisotopic (exact) mass is 818 g/mol. The number of aliphatic carboxylic acids is 1. The molecule has 58 heavy (non-hydrogen) atoms. The largest absolute Gasteiger partial charge is 0.481 e. The number of hydrogen-bond acceptors (Lipinski definition) is 9. The second-order valence-corrected chi connectivity index (χ2v) is 21.9. The number of aromatic nitrogens is 5. The topological polar surface area (TPSA) is 140 Å². The summed E-state index contributed by atoms with van der Waals surface area (Å²) in [6.45, 7) is 21.3. The van der Waals surface area contributed by atoms with Crippen molar-refractivity contribution >= 4 is 29.3 Å². The molecule has 5 aliphatic rings. The molecule has 5 aliphatic carbocycles. The molecule has 318 valence electrons. The predicted molar refractivity (Wildman–Crippen MR) is 224 cm³/mol. The number of ketones is 1. The molecule has 0 aliphatic heterocycles. The number of halogens is 1. The van der Waals surface area contributed by atoms with E-state index in [0.717, 1.165) is 69.3 Å². The first-order chi connectivity index (χ1) is 27.0. The van der Waals surface area contributed by atoms with Gasteiger partial charge in [0.1, 0.15) is 11.9 Å². The van der Waals surface area contributed by atoms with E-state index in [2.05, 4.69) is 87.1 Å². The van der Waals surface area contributed by atoms with E-state index in [4.69, 9.17) is 21.4 Å². The summed E-state index contributed by atoms with van der Waals surface area (Å²) in [6, 6.07) is 0. The van der Waals surface area contributed by atoms with Crippen molar-refractivity contribution < 1.29 is 24.2 Å². The van der Waals surface area contributed by atoms with Gasteiger partial charge in [-0.25, -0.2) is 9.97 Å². The lowest BCUT2D eigenvalue weighted by atomic mass is 9.33. The third-order valence-corrected chi connectivity index (χ3v) is 17.1. The van der Waals surface area contributed by atoms with Crippen LogP contribution in [-0.2, 0) is 32.1 Å². The van der Waals surface area contributed by atoms with Crippen molar-refractivity contribution in [3.8, 4) is 11.6 Å². The number of ether oxygens (including phenoxy) is 1. The molecule has 0 bridgehead atoms. The van der Waals surface area contributed by atoms with Crippen LogP contribution in [0, 0.1) is 56.2 Å². The van der Waals surface area contributed by atoms with Crippen molar-refractivity contribution in [3.63, 3.8) is 0 Å². The summed E-state index contributed by atoms with van der Waals surface area (Å²) in [5, 5.41) is 19.7. The number of likely N-dealkylation sites (N-methyl/N-ethyl adjacent to an activating group) is 1. The van der Waals surface area contributed by atoms with Crippen LogP contribution in [0.5, 0.6) is 0 Å². The third-order valence-electron chi connectivity index (χ3n) is 16.9. The van der Waals surface area contributed by atoms with Crippen molar-refractivity contribution in [2.75, 3.05) is 20.6 Å². The molecule has 0 amide bonds. The fraction of sp³-hybridized carbons (Fsp3) is 0.761. The molecule has 2 aromatic heterocycles. The number of Topliss-reactive ketones (excluding diaryl/α,β-unsaturated/α-hetero) is 1. The Bertz CT molecular complexity index is 1990. The standard InChI is InChI=1S/C46H67ClN6O5/c1-27(2)36-30(54)22-46(23-34-50-51-39(53(34)21-20-52(10)11)38-48-25-28(47)26-49-38)19-18-44(8)29(37(36)46)12-13-32-43(7)16-15-33(58-35(55)24-41(3,4)40(56)57)42(5,6)31(43)14-17-45(32,44)9/h25-27,29,31-33H,12-24H2,1-11H3,(H,56,57)/t29-,31+,32-,33+,43+,44-,45-,46+/m1/s1. The number of nitrogens with zero attached hydrogens (tertiary/aromatic N) is 6. The Morgan fingerprint density at radius 2 is 1.66 bits per heavy atom. The van der Waals surface area contributed by atoms with Crippen LogP contribution in [0.3, 0.4) is 0 Å². The van der Waals surface area contributed by atoms with E-state index < -0.39 is 17.4 Å². The molecular weight excluding hydrogens is 752 g/mol. The van der Waals surface area contributed by atoms with Gasteiger partial charge in [-0.1, -0.05) is 65.6 Å². The van der Waals surface area contributed by atoms with Gasteiger partial charge in [-0.05, 0) is 125 Å². The third kappa shape index (κ3) is 6.76. The van der Waals surface area contributed by atoms with E-state index in [0.29, 0.717) is 59.6 Å². The molecule has 4 fully saturated rings. The van der Waals surface area contributed by atoms with Gasteiger partial charge in [-0.3, -0.25) is 14.4 Å². The SMILES string of the molecule is CC(C)C1=C2[C@H]3CC[C@@H]4[C@@]5(C)CC[C@H](OC(=O)CC(C)(C)C(=O)O)C(C)(C)[C@@H]5CC[C@@]4(C)[C@]3(C)CC[C@@]2(Cc2nnc(-c3ncc(Cl)cn3)n2CCN(C)C)CC1=O. The lowest BCUT2D eigenvalue weighted by Crippen LogP contribution is -2.65. The number of carboxylic acids is 1. The molecule has 11 nitrogen and oxygen atoms in total. The van der Waals surface area contributed by atoms with Crippen molar-refractivity contribution in [1.82, 2.24) is 29.6 Å². The van der Waals surface area contributed by atoms with Gasteiger partial charge < -0.3 is 19.3 Å². The Hall–Kier alpha value is -3.18. The highest BCUT2D eigenvalue weighted by Crippen LogP contribution is 2.77. The Morgan fingerprint density at radius 1 is 0.966 bits per heavy atom. The summed E-state index contributed by atoms with van der Waals surface area (Å²) in [5.74, 6) is 2.18. The molecule has 0 aromatic carbocycles. The number of rotatable bonds is 11. The number of esters is 1. The van der Waals surface area contributed by atoms with Gasteiger partial charge in [-0.2, -0.15) is 0 Å². The second-order valence-electron chi connectivity index (χ2n) is 21.5. The van der Waals surface area contributed by atoms with E-state index >= 15 is 0 Å². The summed E-state index contributed by atoms with van der Waals surface area (Å²) in [4.78, 5) is 50.6. The molecule has 0 saturated heterocycles.